The molecule has 1 saturated heterocycles. The van der Waals surface area contributed by atoms with Crippen molar-refractivity contribution in [3.63, 3.8) is 0 Å². The van der Waals surface area contributed by atoms with Gasteiger partial charge in [-0.3, -0.25) is 4.79 Å². The Balaban J connectivity index is 1.71. The molecule has 1 unspecified atom stereocenters. The molecule has 1 N–H and O–H groups in total. The second-order valence-corrected chi connectivity index (χ2v) is 5.46. The number of Topliss-reactive ketones (excluding diaryl/α,β-unsaturated/α-hetero) is 1. The molecule has 1 heterocycles. The molecule has 0 aromatic heterocycles. The molecule has 1 aliphatic heterocycles. The Morgan fingerprint density at radius 3 is 2.56 bits per heavy atom. The quantitative estimate of drug-likeness (QED) is 0.830. The molecule has 3 rings (SSSR count). The maximum absolute atomic E-state index is 12.4. The lowest BCUT2D eigenvalue weighted by atomic mass is 9.89. The molecular weight excluding hydrogens is 226 g/mol. The summed E-state index contributed by atoms with van der Waals surface area (Å²) in [5.74, 6) is 1.38. The Hall–Kier alpha value is -1.35. The maximum Gasteiger partial charge on any atom is 0.166 e. The zero-order chi connectivity index (χ0) is 12.6. The third-order valence-electron chi connectivity index (χ3n) is 4.48. The molecule has 3 heteroatoms. The van der Waals surface area contributed by atoms with Crippen molar-refractivity contribution in [2.24, 2.45) is 11.3 Å². The first-order valence-electron chi connectivity index (χ1n) is 6.64. The van der Waals surface area contributed by atoms with E-state index < -0.39 is 0 Å². The average Bonchev–Trinajstić information content (AvgIpc) is 3.12. The zero-order valence-corrected chi connectivity index (χ0v) is 10.7. The number of hydrogen-bond donors (Lipinski definition) is 1. The summed E-state index contributed by atoms with van der Waals surface area (Å²) in [5.41, 5.74) is 1.15. The molecule has 1 spiro atoms. The Labute approximate surface area is 108 Å². The lowest BCUT2D eigenvalue weighted by Gasteiger charge is -2.23. The van der Waals surface area contributed by atoms with E-state index in [9.17, 15) is 4.79 Å². The number of carbonyl (C=O) groups is 1. The van der Waals surface area contributed by atoms with Crippen LogP contribution in [-0.4, -0.2) is 26.0 Å². The molecule has 2 fully saturated rings. The smallest absolute Gasteiger partial charge is 0.166 e. The molecule has 0 radical (unpaired) electrons. The van der Waals surface area contributed by atoms with Crippen LogP contribution in [0.4, 0.5) is 0 Å². The van der Waals surface area contributed by atoms with Gasteiger partial charge in [-0.05, 0) is 62.0 Å². The fourth-order valence-corrected chi connectivity index (χ4v) is 3.15. The highest BCUT2D eigenvalue weighted by molar-refractivity contribution is 6.00. The molecule has 0 amide bonds. The Bertz CT molecular complexity index is 446. The molecule has 2 aliphatic rings. The predicted molar refractivity (Wildman–Crippen MR) is 70.0 cm³/mol. The summed E-state index contributed by atoms with van der Waals surface area (Å²) in [7, 11) is 1.64. The van der Waals surface area contributed by atoms with E-state index in [0.29, 0.717) is 11.2 Å². The van der Waals surface area contributed by atoms with E-state index >= 15 is 0 Å². The third kappa shape index (κ3) is 1.93. The van der Waals surface area contributed by atoms with Crippen LogP contribution in [-0.2, 0) is 0 Å². The molecular formula is C15H19NO2. The fourth-order valence-electron chi connectivity index (χ4n) is 3.15. The van der Waals surface area contributed by atoms with Crippen molar-refractivity contribution >= 4 is 5.78 Å². The SMILES string of the molecule is COc1ccc(C(=O)C2CC23CCNCC3)cc1. The number of carbonyl (C=O) groups excluding carboxylic acids is 1. The van der Waals surface area contributed by atoms with E-state index in [1.807, 2.05) is 24.3 Å². The first kappa shape index (κ1) is 11.7. The van der Waals surface area contributed by atoms with Crippen LogP contribution in [0, 0.1) is 11.3 Å². The Kier molecular flexibility index (Phi) is 2.86. The topological polar surface area (TPSA) is 38.3 Å². The third-order valence-corrected chi connectivity index (χ3v) is 4.48. The molecule has 18 heavy (non-hydrogen) atoms. The first-order valence-corrected chi connectivity index (χ1v) is 6.64. The number of benzene rings is 1. The van der Waals surface area contributed by atoms with Crippen molar-refractivity contribution in [1.82, 2.24) is 5.32 Å². The van der Waals surface area contributed by atoms with Gasteiger partial charge in [-0.2, -0.15) is 0 Å². The fraction of sp³-hybridized carbons (Fsp3) is 0.533. The Morgan fingerprint density at radius 2 is 1.94 bits per heavy atom. The minimum atomic E-state index is 0.257. The monoisotopic (exact) mass is 245 g/mol. The lowest BCUT2D eigenvalue weighted by molar-refractivity contribution is 0.0940. The molecule has 1 saturated carbocycles. The molecule has 1 atom stereocenters. The minimum absolute atomic E-state index is 0.257. The van der Waals surface area contributed by atoms with Crippen LogP contribution in [0.5, 0.6) is 5.75 Å². The highest BCUT2D eigenvalue weighted by atomic mass is 16.5. The number of methoxy groups -OCH3 is 1. The average molecular weight is 245 g/mol. The second-order valence-electron chi connectivity index (χ2n) is 5.46. The second kappa shape index (κ2) is 4.39. The van der Waals surface area contributed by atoms with Crippen LogP contribution in [0.3, 0.4) is 0 Å². The van der Waals surface area contributed by atoms with Crippen LogP contribution >= 0.6 is 0 Å². The highest BCUT2D eigenvalue weighted by Gasteiger charge is 2.57. The van der Waals surface area contributed by atoms with Gasteiger partial charge in [0.2, 0.25) is 0 Å². The van der Waals surface area contributed by atoms with E-state index in [0.717, 1.165) is 43.7 Å². The minimum Gasteiger partial charge on any atom is -0.497 e. The van der Waals surface area contributed by atoms with Gasteiger partial charge in [0.25, 0.3) is 0 Å². The van der Waals surface area contributed by atoms with E-state index in [1.165, 1.54) is 0 Å². The van der Waals surface area contributed by atoms with Gasteiger partial charge in [-0.25, -0.2) is 0 Å². The van der Waals surface area contributed by atoms with Crippen molar-refractivity contribution in [1.29, 1.82) is 0 Å². The molecule has 0 bridgehead atoms. The number of piperidine rings is 1. The molecule has 96 valence electrons. The van der Waals surface area contributed by atoms with Gasteiger partial charge in [0, 0.05) is 11.5 Å². The highest BCUT2D eigenvalue weighted by Crippen LogP contribution is 2.59. The number of nitrogens with one attached hydrogen (secondary N) is 1. The van der Waals surface area contributed by atoms with Crippen molar-refractivity contribution < 1.29 is 9.53 Å². The van der Waals surface area contributed by atoms with Crippen LogP contribution < -0.4 is 10.1 Å². The van der Waals surface area contributed by atoms with Crippen molar-refractivity contribution in [3.05, 3.63) is 29.8 Å². The van der Waals surface area contributed by atoms with Gasteiger partial charge >= 0.3 is 0 Å². The van der Waals surface area contributed by atoms with E-state index in [1.54, 1.807) is 7.11 Å². The molecule has 3 nitrogen and oxygen atoms in total. The van der Waals surface area contributed by atoms with Gasteiger partial charge in [0.05, 0.1) is 7.11 Å². The van der Waals surface area contributed by atoms with Gasteiger partial charge in [0.1, 0.15) is 5.75 Å². The number of ether oxygens (including phenoxy) is 1. The molecule has 1 aliphatic carbocycles. The van der Waals surface area contributed by atoms with Crippen LogP contribution in [0.1, 0.15) is 29.6 Å². The standard InChI is InChI=1S/C15H19NO2/c1-18-12-4-2-11(3-5-12)14(17)13-10-15(13)6-8-16-9-7-15/h2-5,13,16H,6-10H2,1H3. The Morgan fingerprint density at radius 1 is 1.28 bits per heavy atom. The van der Waals surface area contributed by atoms with Crippen LogP contribution in [0.25, 0.3) is 0 Å². The van der Waals surface area contributed by atoms with Crippen molar-refractivity contribution in [3.8, 4) is 5.75 Å². The van der Waals surface area contributed by atoms with Gasteiger partial charge in [-0.1, -0.05) is 0 Å². The summed E-state index contributed by atoms with van der Waals surface area (Å²) < 4.78 is 5.12. The summed E-state index contributed by atoms with van der Waals surface area (Å²) in [6.45, 7) is 2.12. The van der Waals surface area contributed by atoms with Crippen molar-refractivity contribution in [2.45, 2.75) is 19.3 Å². The summed E-state index contributed by atoms with van der Waals surface area (Å²) in [6, 6.07) is 7.50. The van der Waals surface area contributed by atoms with Gasteiger partial charge in [-0.15, -0.1) is 0 Å². The molecule has 1 aromatic carbocycles. The maximum atomic E-state index is 12.4. The van der Waals surface area contributed by atoms with Crippen LogP contribution in [0.2, 0.25) is 0 Å². The van der Waals surface area contributed by atoms with E-state index in [4.69, 9.17) is 4.74 Å². The summed E-state index contributed by atoms with van der Waals surface area (Å²) in [6.07, 6.45) is 3.39. The molecule has 1 aromatic rings. The first-order chi connectivity index (χ1) is 8.75. The normalized spacial score (nSPS) is 24.8. The van der Waals surface area contributed by atoms with Crippen molar-refractivity contribution in [2.75, 3.05) is 20.2 Å². The summed E-state index contributed by atoms with van der Waals surface area (Å²) in [4.78, 5) is 12.4. The largest absolute Gasteiger partial charge is 0.497 e. The predicted octanol–water partition coefficient (Wildman–Crippen LogP) is 2.27. The van der Waals surface area contributed by atoms with E-state index in [-0.39, 0.29) is 5.92 Å². The summed E-state index contributed by atoms with van der Waals surface area (Å²) >= 11 is 0. The number of rotatable bonds is 3. The van der Waals surface area contributed by atoms with Gasteiger partial charge < -0.3 is 10.1 Å². The summed E-state index contributed by atoms with van der Waals surface area (Å²) in [5, 5.41) is 3.37. The zero-order valence-electron chi connectivity index (χ0n) is 10.7. The van der Waals surface area contributed by atoms with Gasteiger partial charge in [0.15, 0.2) is 5.78 Å². The number of hydrogen-bond acceptors (Lipinski definition) is 3. The van der Waals surface area contributed by atoms with E-state index in [2.05, 4.69) is 5.32 Å². The lowest BCUT2D eigenvalue weighted by Crippen LogP contribution is -2.30. The number of ketones is 1. The van der Waals surface area contributed by atoms with Crippen LogP contribution in [0.15, 0.2) is 24.3 Å².